The van der Waals surface area contributed by atoms with E-state index in [4.69, 9.17) is 4.74 Å². The van der Waals surface area contributed by atoms with Crippen LogP contribution in [0, 0.1) is 13.8 Å². The normalized spacial score (nSPS) is 15.2. The van der Waals surface area contributed by atoms with Gasteiger partial charge in [0.25, 0.3) is 5.91 Å². The highest BCUT2D eigenvalue weighted by Crippen LogP contribution is 2.25. The summed E-state index contributed by atoms with van der Waals surface area (Å²) in [6, 6.07) is 9.49. The van der Waals surface area contributed by atoms with Gasteiger partial charge in [-0.1, -0.05) is 18.2 Å². The minimum Gasteiger partial charge on any atom is -0.496 e. The average Bonchev–Trinajstić information content (AvgIpc) is 2.65. The Kier molecular flexibility index (Phi) is 5.34. The van der Waals surface area contributed by atoms with Crippen LogP contribution in [0.4, 0.5) is 0 Å². The van der Waals surface area contributed by atoms with Crippen molar-refractivity contribution in [1.29, 1.82) is 0 Å². The zero-order valence-electron chi connectivity index (χ0n) is 15.2. The van der Waals surface area contributed by atoms with Crippen LogP contribution in [-0.4, -0.2) is 54.0 Å². The summed E-state index contributed by atoms with van der Waals surface area (Å²) in [7, 11) is 1.70. The number of rotatable bonds is 4. The molecule has 0 N–H and O–H groups in total. The molecule has 5 heteroatoms. The Morgan fingerprint density at radius 2 is 1.80 bits per heavy atom. The molecule has 1 aromatic carbocycles. The summed E-state index contributed by atoms with van der Waals surface area (Å²) in [6.07, 6.45) is 1.87. The predicted molar refractivity (Wildman–Crippen MR) is 97.9 cm³/mol. The van der Waals surface area contributed by atoms with E-state index in [1.54, 1.807) is 7.11 Å². The number of aryl methyl sites for hydroxylation is 1. The molecule has 0 aliphatic carbocycles. The largest absolute Gasteiger partial charge is 0.496 e. The second-order valence-corrected chi connectivity index (χ2v) is 6.48. The molecular weight excluding hydrogens is 314 g/mol. The van der Waals surface area contributed by atoms with Gasteiger partial charge in [-0.25, -0.2) is 0 Å². The fourth-order valence-corrected chi connectivity index (χ4v) is 3.31. The van der Waals surface area contributed by atoms with E-state index in [9.17, 15) is 4.79 Å². The van der Waals surface area contributed by atoms with E-state index >= 15 is 0 Å². The molecule has 0 atom stereocenters. The maximum Gasteiger partial charge on any atom is 0.253 e. The van der Waals surface area contributed by atoms with E-state index in [0.717, 1.165) is 60.9 Å². The van der Waals surface area contributed by atoms with Gasteiger partial charge in [-0.15, -0.1) is 0 Å². The highest BCUT2D eigenvalue weighted by Gasteiger charge is 2.23. The number of benzene rings is 1. The lowest BCUT2D eigenvalue weighted by atomic mass is 10.1. The molecule has 0 bridgehead atoms. The fraction of sp³-hybridized carbons (Fsp3) is 0.400. The van der Waals surface area contributed by atoms with Crippen molar-refractivity contribution >= 4 is 5.91 Å². The third kappa shape index (κ3) is 3.82. The first-order chi connectivity index (χ1) is 12.1. The Bertz CT molecular complexity index is 738. The maximum atomic E-state index is 12.5. The van der Waals surface area contributed by atoms with Gasteiger partial charge in [0, 0.05) is 55.6 Å². The van der Waals surface area contributed by atoms with Crippen molar-refractivity contribution < 1.29 is 9.53 Å². The average molecular weight is 339 g/mol. The van der Waals surface area contributed by atoms with Crippen molar-refractivity contribution in [2.24, 2.45) is 0 Å². The van der Waals surface area contributed by atoms with Crippen LogP contribution in [0.3, 0.4) is 0 Å². The lowest BCUT2D eigenvalue weighted by molar-refractivity contribution is 0.0626. The van der Waals surface area contributed by atoms with Crippen LogP contribution in [0.2, 0.25) is 0 Å². The van der Waals surface area contributed by atoms with Crippen molar-refractivity contribution in [2.75, 3.05) is 33.3 Å². The minimum atomic E-state index is 0.117. The first-order valence-electron chi connectivity index (χ1n) is 8.66. The molecule has 1 amide bonds. The fourth-order valence-electron chi connectivity index (χ4n) is 3.31. The van der Waals surface area contributed by atoms with Crippen LogP contribution >= 0.6 is 0 Å². The minimum absolute atomic E-state index is 0.117. The molecule has 2 aromatic rings. The number of piperazine rings is 1. The number of ether oxygens (including phenoxy) is 1. The second-order valence-electron chi connectivity index (χ2n) is 6.48. The summed E-state index contributed by atoms with van der Waals surface area (Å²) in [4.78, 5) is 21.4. The molecule has 2 heterocycles. The van der Waals surface area contributed by atoms with Crippen LogP contribution in [0.15, 0.2) is 36.5 Å². The summed E-state index contributed by atoms with van der Waals surface area (Å²) in [5, 5.41) is 0. The number of aromatic nitrogens is 1. The van der Waals surface area contributed by atoms with E-state index in [2.05, 4.69) is 16.8 Å². The van der Waals surface area contributed by atoms with Crippen molar-refractivity contribution in [3.8, 4) is 5.75 Å². The van der Waals surface area contributed by atoms with Gasteiger partial charge in [0.1, 0.15) is 5.75 Å². The molecule has 1 aromatic heterocycles. The van der Waals surface area contributed by atoms with E-state index in [1.165, 1.54) is 0 Å². The quantitative estimate of drug-likeness (QED) is 0.859. The van der Waals surface area contributed by atoms with Crippen LogP contribution in [0.25, 0.3) is 0 Å². The Labute approximate surface area is 149 Å². The Balaban J connectivity index is 1.61. The number of hydrogen-bond donors (Lipinski definition) is 0. The smallest absolute Gasteiger partial charge is 0.253 e. The monoisotopic (exact) mass is 339 g/mol. The summed E-state index contributed by atoms with van der Waals surface area (Å²) in [6.45, 7) is 8.06. The summed E-state index contributed by atoms with van der Waals surface area (Å²) < 4.78 is 5.49. The van der Waals surface area contributed by atoms with Crippen molar-refractivity contribution in [3.63, 3.8) is 0 Å². The number of amides is 1. The predicted octanol–water partition coefficient (Wildman–Crippen LogP) is 2.67. The van der Waals surface area contributed by atoms with E-state index in [0.29, 0.717) is 0 Å². The molecule has 1 fully saturated rings. The lowest BCUT2D eigenvalue weighted by Crippen LogP contribution is -2.48. The lowest BCUT2D eigenvalue weighted by Gasteiger charge is -2.34. The number of pyridine rings is 1. The molecule has 25 heavy (non-hydrogen) atoms. The number of methoxy groups -OCH3 is 1. The number of hydrogen-bond acceptors (Lipinski definition) is 4. The highest BCUT2D eigenvalue weighted by atomic mass is 16.5. The van der Waals surface area contributed by atoms with Gasteiger partial charge in [-0.3, -0.25) is 14.7 Å². The third-order valence-corrected chi connectivity index (χ3v) is 4.80. The topological polar surface area (TPSA) is 45.7 Å². The molecule has 132 valence electrons. The van der Waals surface area contributed by atoms with Gasteiger partial charge in [0.05, 0.1) is 12.8 Å². The zero-order valence-corrected chi connectivity index (χ0v) is 15.2. The van der Waals surface area contributed by atoms with Crippen LogP contribution < -0.4 is 4.74 Å². The molecule has 1 saturated heterocycles. The molecule has 3 rings (SSSR count). The number of nitrogens with zero attached hydrogens (tertiary/aromatic N) is 3. The van der Waals surface area contributed by atoms with Crippen molar-refractivity contribution in [2.45, 2.75) is 20.4 Å². The van der Waals surface area contributed by atoms with Crippen molar-refractivity contribution in [1.82, 2.24) is 14.8 Å². The zero-order chi connectivity index (χ0) is 17.8. The Hall–Kier alpha value is -2.40. The maximum absolute atomic E-state index is 12.5. The van der Waals surface area contributed by atoms with E-state index in [1.807, 2.05) is 48.4 Å². The molecule has 1 aliphatic heterocycles. The molecule has 0 spiro atoms. The summed E-state index contributed by atoms with van der Waals surface area (Å²) in [5.41, 5.74) is 3.97. The summed E-state index contributed by atoms with van der Waals surface area (Å²) in [5.74, 6) is 1.04. The van der Waals surface area contributed by atoms with E-state index < -0.39 is 0 Å². The van der Waals surface area contributed by atoms with Gasteiger partial charge < -0.3 is 9.64 Å². The summed E-state index contributed by atoms with van der Waals surface area (Å²) >= 11 is 0. The molecule has 5 nitrogen and oxygen atoms in total. The molecule has 0 radical (unpaired) electrons. The van der Waals surface area contributed by atoms with Crippen LogP contribution in [-0.2, 0) is 6.54 Å². The first-order valence-corrected chi connectivity index (χ1v) is 8.66. The number of carbonyl (C=O) groups excluding carboxylic acids is 1. The molecular formula is C20H25N3O2. The van der Waals surface area contributed by atoms with E-state index in [-0.39, 0.29) is 5.91 Å². The molecule has 0 unspecified atom stereocenters. The van der Waals surface area contributed by atoms with Gasteiger partial charge in [-0.2, -0.15) is 0 Å². The van der Waals surface area contributed by atoms with Crippen LogP contribution in [0.5, 0.6) is 5.75 Å². The standard InChI is InChI=1S/C20H25N3O2/c1-15-13-21-18(16(2)19(15)25-3)14-22-9-11-23(12-10-22)20(24)17-7-5-4-6-8-17/h4-8,13H,9-12,14H2,1-3H3. The highest BCUT2D eigenvalue weighted by molar-refractivity contribution is 5.94. The van der Waals surface area contributed by atoms with Gasteiger partial charge >= 0.3 is 0 Å². The molecule has 1 aliphatic rings. The number of carbonyl (C=O) groups is 1. The SMILES string of the molecule is COc1c(C)cnc(CN2CCN(C(=O)c3ccccc3)CC2)c1C. The Morgan fingerprint density at radius 1 is 1.12 bits per heavy atom. The molecule has 0 saturated carbocycles. The van der Waals surface area contributed by atoms with Crippen molar-refractivity contribution in [3.05, 3.63) is 58.9 Å². The van der Waals surface area contributed by atoms with Crippen LogP contribution in [0.1, 0.15) is 27.2 Å². The van der Waals surface area contributed by atoms with Gasteiger partial charge in [0.15, 0.2) is 0 Å². The van der Waals surface area contributed by atoms with Gasteiger partial charge in [0.2, 0.25) is 0 Å². The van der Waals surface area contributed by atoms with Gasteiger partial charge in [-0.05, 0) is 26.0 Å². The first kappa shape index (κ1) is 17.4. The third-order valence-electron chi connectivity index (χ3n) is 4.80. The second kappa shape index (κ2) is 7.66. The Morgan fingerprint density at radius 3 is 2.44 bits per heavy atom.